The van der Waals surface area contributed by atoms with Crippen LogP contribution >= 0.6 is 11.6 Å². The molecule has 0 atom stereocenters. The van der Waals surface area contributed by atoms with Crippen molar-refractivity contribution in [3.05, 3.63) is 89.4 Å². The van der Waals surface area contributed by atoms with Gasteiger partial charge in [0.1, 0.15) is 5.75 Å². The van der Waals surface area contributed by atoms with E-state index in [-0.39, 0.29) is 12.5 Å². The second-order valence-corrected chi connectivity index (χ2v) is 6.09. The monoisotopic (exact) mass is 366 g/mol. The van der Waals surface area contributed by atoms with Gasteiger partial charge in [-0.3, -0.25) is 4.79 Å². The Morgan fingerprint density at radius 3 is 2.50 bits per heavy atom. The van der Waals surface area contributed by atoms with Crippen molar-refractivity contribution >= 4 is 28.9 Å². The first kappa shape index (κ1) is 17.8. The molecule has 0 aliphatic rings. The number of hydrogen-bond acceptors (Lipinski definition) is 3. The molecular formula is C21H19ClN2O2. The van der Waals surface area contributed by atoms with Crippen molar-refractivity contribution in [2.45, 2.75) is 6.54 Å². The highest BCUT2D eigenvalue weighted by Crippen LogP contribution is 2.22. The minimum absolute atomic E-state index is 0.0453. The van der Waals surface area contributed by atoms with Gasteiger partial charge >= 0.3 is 0 Å². The van der Waals surface area contributed by atoms with Gasteiger partial charge in [-0.2, -0.15) is 0 Å². The van der Waals surface area contributed by atoms with E-state index in [9.17, 15) is 4.79 Å². The van der Waals surface area contributed by atoms with Gasteiger partial charge in [0.25, 0.3) is 5.91 Å². The molecule has 0 radical (unpaired) electrons. The first-order chi connectivity index (χ1) is 12.7. The number of carbonyl (C=O) groups excluding carboxylic acids is 1. The summed E-state index contributed by atoms with van der Waals surface area (Å²) in [6.07, 6.45) is 0. The van der Waals surface area contributed by atoms with E-state index < -0.39 is 0 Å². The summed E-state index contributed by atoms with van der Waals surface area (Å²) in [5.41, 5.74) is 2.66. The van der Waals surface area contributed by atoms with E-state index in [1.807, 2.05) is 78.9 Å². The Kier molecular flexibility index (Phi) is 6.12. The molecule has 0 heterocycles. The number of anilines is 2. The van der Waals surface area contributed by atoms with Gasteiger partial charge in [0.05, 0.1) is 10.7 Å². The second kappa shape index (κ2) is 8.92. The maximum atomic E-state index is 12.0. The van der Waals surface area contributed by atoms with Crippen LogP contribution in [0, 0.1) is 0 Å². The first-order valence-corrected chi connectivity index (χ1v) is 8.63. The highest BCUT2D eigenvalue weighted by molar-refractivity contribution is 6.33. The molecular weight excluding hydrogens is 348 g/mol. The molecule has 0 saturated heterocycles. The zero-order valence-corrected chi connectivity index (χ0v) is 14.9. The van der Waals surface area contributed by atoms with E-state index in [0.717, 1.165) is 16.9 Å². The molecule has 0 aliphatic heterocycles. The number of carbonyl (C=O) groups is 1. The number of ether oxygens (including phenoxy) is 1. The van der Waals surface area contributed by atoms with Gasteiger partial charge in [0.2, 0.25) is 0 Å². The Morgan fingerprint density at radius 2 is 1.69 bits per heavy atom. The Balaban J connectivity index is 1.52. The van der Waals surface area contributed by atoms with Crippen LogP contribution in [0.5, 0.6) is 5.75 Å². The van der Waals surface area contributed by atoms with Gasteiger partial charge in [-0.15, -0.1) is 0 Å². The molecule has 5 heteroatoms. The molecule has 0 bridgehead atoms. The Labute approximate surface area is 157 Å². The fourth-order valence-corrected chi connectivity index (χ4v) is 2.62. The Morgan fingerprint density at radius 1 is 0.923 bits per heavy atom. The van der Waals surface area contributed by atoms with Gasteiger partial charge in [0.15, 0.2) is 6.61 Å². The molecule has 0 saturated carbocycles. The quantitative estimate of drug-likeness (QED) is 0.620. The van der Waals surface area contributed by atoms with Gasteiger partial charge in [-0.1, -0.05) is 54.1 Å². The summed E-state index contributed by atoms with van der Waals surface area (Å²) in [7, 11) is 0. The lowest BCUT2D eigenvalue weighted by molar-refractivity contribution is -0.118. The number of nitrogens with one attached hydrogen (secondary N) is 2. The fraction of sp³-hybridized carbons (Fsp3) is 0.0952. The largest absolute Gasteiger partial charge is 0.484 e. The van der Waals surface area contributed by atoms with Crippen LogP contribution in [0.1, 0.15) is 5.56 Å². The summed E-state index contributed by atoms with van der Waals surface area (Å²) in [5.74, 6) is 0.447. The third-order valence-electron chi connectivity index (χ3n) is 3.68. The average molecular weight is 367 g/mol. The SMILES string of the molecule is O=C(COc1cccc(CNc2ccccc2Cl)c1)Nc1ccccc1. The van der Waals surface area contributed by atoms with Crippen LogP contribution in [0.3, 0.4) is 0 Å². The lowest BCUT2D eigenvalue weighted by Gasteiger charge is -2.11. The molecule has 4 nitrogen and oxygen atoms in total. The minimum Gasteiger partial charge on any atom is -0.484 e. The maximum Gasteiger partial charge on any atom is 0.262 e. The minimum atomic E-state index is -0.198. The molecule has 26 heavy (non-hydrogen) atoms. The lowest BCUT2D eigenvalue weighted by atomic mass is 10.2. The Bertz CT molecular complexity index is 869. The zero-order valence-electron chi connectivity index (χ0n) is 14.1. The number of rotatable bonds is 7. The predicted molar refractivity (Wildman–Crippen MR) is 106 cm³/mol. The predicted octanol–water partition coefficient (Wildman–Crippen LogP) is 4.97. The summed E-state index contributed by atoms with van der Waals surface area (Å²) in [5, 5.41) is 6.75. The van der Waals surface area contributed by atoms with E-state index in [2.05, 4.69) is 10.6 Å². The van der Waals surface area contributed by atoms with Crippen molar-refractivity contribution < 1.29 is 9.53 Å². The lowest BCUT2D eigenvalue weighted by Crippen LogP contribution is -2.20. The number of amides is 1. The van der Waals surface area contributed by atoms with Crippen LogP contribution in [-0.2, 0) is 11.3 Å². The van der Waals surface area contributed by atoms with Crippen LogP contribution in [-0.4, -0.2) is 12.5 Å². The third-order valence-corrected chi connectivity index (χ3v) is 4.01. The van der Waals surface area contributed by atoms with Crippen molar-refractivity contribution in [2.75, 3.05) is 17.2 Å². The highest BCUT2D eigenvalue weighted by atomic mass is 35.5. The summed E-state index contributed by atoms with van der Waals surface area (Å²) >= 11 is 6.14. The van der Waals surface area contributed by atoms with Gasteiger partial charge in [-0.25, -0.2) is 0 Å². The highest BCUT2D eigenvalue weighted by Gasteiger charge is 2.05. The van der Waals surface area contributed by atoms with E-state index >= 15 is 0 Å². The molecule has 2 N–H and O–H groups in total. The van der Waals surface area contributed by atoms with E-state index in [0.29, 0.717) is 17.3 Å². The topological polar surface area (TPSA) is 50.4 Å². The molecule has 3 rings (SSSR count). The summed E-state index contributed by atoms with van der Waals surface area (Å²) in [6.45, 7) is 0.563. The van der Waals surface area contributed by atoms with Crippen molar-refractivity contribution in [2.24, 2.45) is 0 Å². The second-order valence-electron chi connectivity index (χ2n) is 5.68. The van der Waals surface area contributed by atoms with Crippen LogP contribution in [0.4, 0.5) is 11.4 Å². The van der Waals surface area contributed by atoms with Crippen molar-refractivity contribution in [1.82, 2.24) is 0 Å². The normalized spacial score (nSPS) is 10.2. The molecule has 0 fully saturated rings. The molecule has 0 spiro atoms. The molecule has 1 amide bonds. The van der Waals surface area contributed by atoms with Crippen molar-refractivity contribution in [3.8, 4) is 5.75 Å². The number of para-hydroxylation sites is 2. The third kappa shape index (κ3) is 5.26. The molecule has 0 unspecified atom stereocenters. The van der Waals surface area contributed by atoms with E-state index in [1.165, 1.54) is 0 Å². The smallest absolute Gasteiger partial charge is 0.262 e. The molecule has 0 aliphatic carbocycles. The number of halogens is 1. The van der Waals surface area contributed by atoms with Crippen LogP contribution in [0.25, 0.3) is 0 Å². The van der Waals surface area contributed by atoms with Crippen LogP contribution in [0.2, 0.25) is 5.02 Å². The Hall–Kier alpha value is -2.98. The van der Waals surface area contributed by atoms with Crippen LogP contribution in [0.15, 0.2) is 78.9 Å². The summed E-state index contributed by atoms with van der Waals surface area (Å²) < 4.78 is 5.59. The molecule has 132 valence electrons. The summed E-state index contributed by atoms with van der Waals surface area (Å²) in [4.78, 5) is 12.0. The fourth-order valence-electron chi connectivity index (χ4n) is 2.41. The molecule has 3 aromatic carbocycles. The van der Waals surface area contributed by atoms with Crippen molar-refractivity contribution in [3.63, 3.8) is 0 Å². The van der Waals surface area contributed by atoms with Gasteiger partial charge in [-0.05, 0) is 42.0 Å². The standard InChI is InChI=1S/C21H19ClN2O2/c22-19-11-4-5-12-20(19)23-14-16-7-6-10-18(13-16)26-15-21(25)24-17-8-2-1-3-9-17/h1-13,23H,14-15H2,(H,24,25). The van der Waals surface area contributed by atoms with Gasteiger partial charge in [0, 0.05) is 12.2 Å². The molecule has 3 aromatic rings. The number of benzene rings is 3. The summed E-state index contributed by atoms with van der Waals surface area (Å²) in [6, 6.07) is 24.5. The zero-order chi connectivity index (χ0) is 18.2. The number of hydrogen-bond donors (Lipinski definition) is 2. The average Bonchev–Trinajstić information content (AvgIpc) is 2.67. The first-order valence-electron chi connectivity index (χ1n) is 8.26. The van der Waals surface area contributed by atoms with Crippen LogP contribution < -0.4 is 15.4 Å². The molecule has 0 aromatic heterocycles. The van der Waals surface area contributed by atoms with E-state index in [1.54, 1.807) is 0 Å². The van der Waals surface area contributed by atoms with E-state index in [4.69, 9.17) is 16.3 Å². The van der Waals surface area contributed by atoms with Crippen molar-refractivity contribution in [1.29, 1.82) is 0 Å². The van der Waals surface area contributed by atoms with Gasteiger partial charge < -0.3 is 15.4 Å². The maximum absolute atomic E-state index is 12.0.